The molecule has 0 bridgehead atoms. The average Bonchev–Trinajstić information content (AvgIpc) is 3.28. The van der Waals surface area contributed by atoms with Gasteiger partial charge in [0, 0.05) is 23.4 Å². The van der Waals surface area contributed by atoms with Gasteiger partial charge >= 0.3 is 0 Å². The van der Waals surface area contributed by atoms with E-state index in [1.165, 1.54) is 17.2 Å². The number of aryl methyl sites for hydroxylation is 1. The predicted molar refractivity (Wildman–Crippen MR) is 127 cm³/mol. The number of aromatic nitrogens is 2. The van der Waals surface area contributed by atoms with E-state index in [4.69, 9.17) is 4.98 Å². The molecule has 0 aliphatic rings. The molecule has 0 aliphatic heterocycles. The van der Waals surface area contributed by atoms with E-state index in [9.17, 15) is 9.59 Å². The van der Waals surface area contributed by atoms with Crippen LogP contribution in [0.15, 0.2) is 48.5 Å². The molecule has 0 aliphatic carbocycles. The van der Waals surface area contributed by atoms with E-state index >= 15 is 0 Å². The Hall–Kier alpha value is -3.25. The van der Waals surface area contributed by atoms with E-state index in [0.717, 1.165) is 33.9 Å². The highest BCUT2D eigenvalue weighted by Crippen LogP contribution is 2.25. The molecule has 0 saturated heterocycles. The number of hydrogen-bond donors (Lipinski definition) is 2. The molecule has 2 aromatic heterocycles. The van der Waals surface area contributed by atoms with Gasteiger partial charge < -0.3 is 10.3 Å². The Balaban J connectivity index is 1.44. The topological polar surface area (TPSA) is 74.8 Å². The monoisotopic (exact) mass is 431 g/mol. The van der Waals surface area contributed by atoms with Crippen LogP contribution in [0.2, 0.25) is 0 Å². The number of nitrogens with zero attached hydrogens (tertiary/aromatic N) is 1. The number of carbonyl (C=O) groups excluding carboxylic acids is 2. The van der Waals surface area contributed by atoms with E-state index in [1.54, 1.807) is 11.3 Å². The van der Waals surface area contributed by atoms with Gasteiger partial charge in [0.2, 0.25) is 5.78 Å². The minimum absolute atomic E-state index is 0.0328. The number of para-hydroxylation sites is 1. The summed E-state index contributed by atoms with van der Waals surface area (Å²) in [6.07, 6.45) is 0.781. The largest absolute Gasteiger partial charge is 0.375 e. The van der Waals surface area contributed by atoms with Crippen molar-refractivity contribution in [3.8, 4) is 0 Å². The second kappa shape index (κ2) is 8.47. The molecule has 0 saturated carbocycles. The van der Waals surface area contributed by atoms with Crippen molar-refractivity contribution in [1.82, 2.24) is 9.97 Å². The molecule has 1 atom stereocenters. The van der Waals surface area contributed by atoms with Gasteiger partial charge in [-0.3, -0.25) is 9.59 Å². The van der Waals surface area contributed by atoms with Gasteiger partial charge in [-0.1, -0.05) is 24.3 Å². The summed E-state index contributed by atoms with van der Waals surface area (Å²) in [7, 11) is 0. The van der Waals surface area contributed by atoms with Crippen LogP contribution >= 0.6 is 11.3 Å². The number of benzene rings is 2. The quantitative estimate of drug-likeness (QED) is 0.367. The first kappa shape index (κ1) is 21.0. The van der Waals surface area contributed by atoms with Crippen LogP contribution in [0.5, 0.6) is 0 Å². The van der Waals surface area contributed by atoms with Crippen molar-refractivity contribution in [2.45, 2.75) is 40.2 Å². The minimum atomic E-state index is -0.424. The number of aromatic amines is 1. The van der Waals surface area contributed by atoms with Gasteiger partial charge in [-0.25, -0.2) is 4.98 Å². The lowest BCUT2D eigenvalue weighted by Crippen LogP contribution is -2.27. The molecule has 4 rings (SSSR count). The summed E-state index contributed by atoms with van der Waals surface area (Å²) < 4.78 is 1.20. The number of ketones is 2. The Morgan fingerprint density at radius 1 is 1.10 bits per heavy atom. The van der Waals surface area contributed by atoms with Crippen molar-refractivity contribution >= 4 is 38.8 Å². The lowest BCUT2D eigenvalue weighted by molar-refractivity contribution is 0.0970. The fourth-order valence-electron chi connectivity index (χ4n) is 3.95. The van der Waals surface area contributed by atoms with Crippen molar-refractivity contribution in [2.75, 3.05) is 5.32 Å². The standard InChI is InChI=1S/C25H25N3O2S/c1-14-23(17(4)29)15(2)27-24(14)25(30)16(3)26-19-11-9-18(10-12-19)13-22-28-20-7-5-6-8-21(20)31-22/h5-12,16,26-27H,13H2,1-4H3/t16-/m0/s1. The third kappa shape index (κ3) is 4.30. The zero-order valence-electron chi connectivity index (χ0n) is 18.1. The third-order valence-corrected chi connectivity index (χ3v) is 6.50. The summed E-state index contributed by atoms with van der Waals surface area (Å²) in [5.74, 6) is -0.0960. The fraction of sp³-hybridized carbons (Fsp3) is 0.240. The van der Waals surface area contributed by atoms with Crippen molar-refractivity contribution in [3.63, 3.8) is 0 Å². The van der Waals surface area contributed by atoms with Crippen LogP contribution in [-0.2, 0) is 6.42 Å². The zero-order chi connectivity index (χ0) is 22.1. The van der Waals surface area contributed by atoms with Gasteiger partial charge in [-0.15, -0.1) is 11.3 Å². The van der Waals surface area contributed by atoms with Gasteiger partial charge in [0.25, 0.3) is 0 Å². The summed E-state index contributed by atoms with van der Waals surface area (Å²) >= 11 is 1.72. The molecule has 2 heterocycles. The van der Waals surface area contributed by atoms with Crippen LogP contribution in [-0.4, -0.2) is 27.6 Å². The maximum Gasteiger partial charge on any atom is 0.201 e. The van der Waals surface area contributed by atoms with E-state index in [1.807, 2.05) is 51.1 Å². The molecule has 0 spiro atoms. The maximum absolute atomic E-state index is 12.9. The Bertz CT molecular complexity index is 1230. The van der Waals surface area contributed by atoms with Crippen LogP contribution in [0.3, 0.4) is 0 Å². The molecule has 0 unspecified atom stereocenters. The van der Waals surface area contributed by atoms with Crippen molar-refractivity contribution < 1.29 is 9.59 Å². The number of thiazole rings is 1. The van der Waals surface area contributed by atoms with Gasteiger partial charge in [0.1, 0.15) is 0 Å². The van der Waals surface area contributed by atoms with E-state index in [0.29, 0.717) is 11.3 Å². The molecule has 2 N–H and O–H groups in total. The summed E-state index contributed by atoms with van der Waals surface area (Å²) in [5.41, 5.74) is 5.64. The van der Waals surface area contributed by atoms with Gasteiger partial charge in [0.05, 0.1) is 27.0 Å². The number of carbonyl (C=O) groups is 2. The van der Waals surface area contributed by atoms with Gasteiger partial charge in [-0.2, -0.15) is 0 Å². The smallest absolute Gasteiger partial charge is 0.201 e. The van der Waals surface area contributed by atoms with Crippen molar-refractivity contribution in [3.05, 3.63) is 81.6 Å². The molecular weight excluding hydrogens is 406 g/mol. The van der Waals surface area contributed by atoms with Crippen molar-refractivity contribution in [2.24, 2.45) is 0 Å². The predicted octanol–water partition coefficient (Wildman–Crippen LogP) is 5.72. The molecule has 158 valence electrons. The highest BCUT2D eigenvalue weighted by Gasteiger charge is 2.23. The lowest BCUT2D eigenvalue weighted by Gasteiger charge is -2.14. The third-order valence-electron chi connectivity index (χ3n) is 5.46. The number of anilines is 1. The number of Topliss-reactive ketones (excluding diaryl/α,β-unsaturated/α-hetero) is 2. The van der Waals surface area contributed by atoms with E-state index in [2.05, 4.69) is 28.5 Å². The first-order valence-corrected chi connectivity index (χ1v) is 11.1. The molecule has 4 aromatic rings. The normalized spacial score (nSPS) is 12.1. The summed E-state index contributed by atoms with van der Waals surface area (Å²) in [5, 5.41) is 4.36. The Kier molecular flexibility index (Phi) is 5.74. The average molecular weight is 432 g/mol. The molecule has 31 heavy (non-hydrogen) atoms. The highest BCUT2D eigenvalue weighted by atomic mass is 32.1. The molecule has 0 radical (unpaired) electrons. The van der Waals surface area contributed by atoms with Crippen LogP contribution < -0.4 is 5.32 Å². The van der Waals surface area contributed by atoms with Crippen LogP contribution in [0, 0.1) is 13.8 Å². The number of fused-ring (bicyclic) bond motifs is 1. The molecule has 6 heteroatoms. The van der Waals surface area contributed by atoms with Gasteiger partial charge in [-0.05, 0) is 63.1 Å². The Labute approximate surface area is 185 Å². The first-order chi connectivity index (χ1) is 14.8. The van der Waals surface area contributed by atoms with Crippen LogP contribution in [0.1, 0.15) is 56.5 Å². The lowest BCUT2D eigenvalue weighted by atomic mass is 10.0. The summed E-state index contributed by atoms with van der Waals surface area (Å²) in [6, 6.07) is 15.8. The van der Waals surface area contributed by atoms with E-state index < -0.39 is 6.04 Å². The Morgan fingerprint density at radius 3 is 2.45 bits per heavy atom. The molecule has 5 nitrogen and oxygen atoms in total. The highest BCUT2D eigenvalue weighted by molar-refractivity contribution is 7.18. The fourth-order valence-corrected chi connectivity index (χ4v) is 4.95. The second-order valence-corrected chi connectivity index (χ2v) is 8.98. The zero-order valence-corrected chi connectivity index (χ0v) is 18.9. The minimum Gasteiger partial charge on any atom is -0.375 e. The van der Waals surface area contributed by atoms with Crippen LogP contribution in [0.25, 0.3) is 10.2 Å². The maximum atomic E-state index is 12.9. The molecular formula is C25H25N3O2S. The van der Waals surface area contributed by atoms with E-state index in [-0.39, 0.29) is 11.6 Å². The number of H-pyrrole nitrogens is 1. The SMILES string of the molecule is CC(=O)c1c(C)[nH]c(C(=O)[C@H](C)Nc2ccc(Cc3nc4ccccc4s3)cc2)c1C. The number of hydrogen-bond acceptors (Lipinski definition) is 5. The number of nitrogens with one attached hydrogen (secondary N) is 2. The Morgan fingerprint density at radius 2 is 1.81 bits per heavy atom. The summed E-state index contributed by atoms with van der Waals surface area (Å²) in [4.78, 5) is 32.6. The molecule has 0 amide bonds. The number of rotatable bonds is 7. The molecule has 2 aromatic carbocycles. The van der Waals surface area contributed by atoms with Crippen molar-refractivity contribution in [1.29, 1.82) is 0 Å². The van der Waals surface area contributed by atoms with Gasteiger partial charge in [0.15, 0.2) is 5.78 Å². The second-order valence-electron chi connectivity index (χ2n) is 7.86. The summed E-state index contributed by atoms with van der Waals surface area (Å²) in [6.45, 7) is 7.00. The van der Waals surface area contributed by atoms with Crippen LogP contribution in [0.4, 0.5) is 5.69 Å². The molecule has 0 fully saturated rings. The first-order valence-electron chi connectivity index (χ1n) is 10.3.